The minimum absolute atomic E-state index is 0.121. The predicted molar refractivity (Wildman–Crippen MR) is 99.9 cm³/mol. The second kappa shape index (κ2) is 8.15. The van der Waals surface area contributed by atoms with Crippen LogP contribution in [-0.4, -0.2) is 53.6 Å². The fourth-order valence-electron chi connectivity index (χ4n) is 2.98. The van der Waals surface area contributed by atoms with Gasteiger partial charge in [0.25, 0.3) is 0 Å². The van der Waals surface area contributed by atoms with Crippen molar-refractivity contribution >= 4 is 23.1 Å². The molecule has 7 heteroatoms. The first-order chi connectivity index (χ1) is 12.2. The van der Waals surface area contributed by atoms with Gasteiger partial charge in [0.2, 0.25) is 5.82 Å². The summed E-state index contributed by atoms with van der Waals surface area (Å²) < 4.78 is 0. The van der Waals surface area contributed by atoms with Crippen molar-refractivity contribution in [2.45, 2.75) is 13.0 Å². The summed E-state index contributed by atoms with van der Waals surface area (Å²) in [5.74, 6) is 0.638. The van der Waals surface area contributed by atoms with Crippen LogP contribution in [0.5, 0.6) is 0 Å². The van der Waals surface area contributed by atoms with E-state index in [0.717, 1.165) is 26.2 Å². The standard InChI is InChI=1S/C18H21ClN6/c1-14(12-22-18-16(19)13-21-17(11-20)23-18)24-7-9-25(10-8-24)15-5-3-2-4-6-15/h2-6,13-14H,7-10,12H2,1H3,(H,21,22,23). The fourth-order valence-corrected chi connectivity index (χ4v) is 3.14. The maximum absolute atomic E-state index is 8.89. The summed E-state index contributed by atoms with van der Waals surface area (Å²) in [5, 5.41) is 12.6. The summed E-state index contributed by atoms with van der Waals surface area (Å²) in [7, 11) is 0. The van der Waals surface area contributed by atoms with E-state index in [-0.39, 0.29) is 5.82 Å². The topological polar surface area (TPSA) is 68.1 Å². The van der Waals surface area contributed by atoms with Crippen LogP contribution in [-0.2, 0) is 0 Å². The highest BCUT2D eigenvalue weighted by Gasteiger charge is 2.21. The number of halogens is 1. The third-order valence-corrected chi connectivity index (χ3v) is 4.74. The Balaban J connectivity index is 1.52. The predicted octanol–water partition coefficient (Wildman–Crippen LogP) is 2.62. The maximum atomic E-state index is 8.89. The molecular weight excluding hydrogens is 336 g/mol. The Labute approximate surface area is 153 Å². The average Bonchev–Trinajstić information content (AvgIpc) is 2.68. The molecule has 1 aromatic carbocycles. The average molecular weight is 357 g/mol. The zero-order chi connectivity index (χ0) is 17.6. The van der Waals surface area contributed by atoms with Crippen LogP contribution in [0.25, 0.3) is 0 Å². The molecule has 1 unspecified atom stereocenters. The first-order valence-electron chi connectivity index (χ1n) is 8.38. The van der Waals surface area contributed by atoms with Crippen molar-refractivity contribution < 1.29 is 0 Å². The normalized spacial score (nSPS) is 16.3. The number of anilines is 2. The largest absolute Gasteiger partial charge is 0.369 e. The number of nitriles is 1. The highest BCUT2D eigenvalue weighted by atomic mass is 35.5. The van der Waals surface area contributed by atoms with Gasteiger partial charge in [-0.2, -0.15) is 5.26 Å². The van der Waals surface area contributed by atoms with Gasteiger partial charge in [-0.05, 0) is 19.1 Å². The van der Waals surface area contributed by atoms with Gasteiger partial charge in [-0.3, -0.25) is 4.90 Å². The van der Waals surface area contributed by atoms with E-state index in [1.165, 1.54) is 11.9 Å². The molecule has 1 aliphatic rings. The summed E-state index contributed by atoms with van der Waals surface area (Å²) >= 11 is 6.09. The number of aromatic nitrogens is 2. The molecule has 6 nitrogen and oxygen atoms in total. The Hall–Kier alpha value is -2.36. The second-order valence-corrected chi connectivity index (χ2v) is 6.50. The SMILES string of the molecule is CC(CNc1nc(C#N)ncc1Cl)N1CCN(c2ccccc2)CC1. The summed E-state index contributed by atoms with van der Waals surface area (Å²) in [5.41, 5.74) is 1.28. The van der Waals surface area contributed by atoms with E-state index in [9.17, 15) is 0 Å². The molecule has 1 aromatic heterocycles. The third-order valence-electron chi connectivity index (χ3n) is 4.47. The molecule has 0 aliphatic carbocycles. The van der Waals surface area contributed by atoms with Crippen LogP contribution >= 0.6 is 11.6 Å². The van der Waals surface area contributed by atoms with Crippen molar-refractivity contribution in [2.75, 3.05) is 42.9 Å². The minimum atomic E-state index is 0.121. The zero-order valence-electron chi connectivity index (χ0n) is 14.2. The van der Waals surface area contributed by atoms with Crippen LogP contribution in [0.3, 0.4) is 0 Å². The molecule has 130 valence electrons. The maximum Gasteiger partial charge on any atom is 0.234 e. The highest BCUT2D eigenvalue weighted by Crippen LogP contribution is 2.19. The van der Waals surface area contributed by atoms with Gasteiger partial charge in [-0.1, -0.05) is 29.8 Å². The van der Waals surface area contributed by atoms with Crippen LogP contribution in [0.4, 0.5) is 11.5 Å². The van der Waals surface area contributed by atoms with Gasteiger partial charge in [0.15, 0.2) is 0 Å². The number of nitrogens with one attached hydrogen (secondary N) is 1. The van der Waals surface area contributed by atoms with E-state index in [1.807, 2.05) is 12.1 Å². The molecule has 1 N–H and O–H groups in total. The molecule has 1 fully saturated rings. The molecule has 3 rings (SSSR count). The number of piperazine rings is 1. The smallest absolute Gasteiger partial charge is 0.234 e. The van der Waals surface area contributed by atoms with E-state index < -0.39 is 0 Å². The molecular formula is C18H21ClN6. The molecule has 2 heterocycles. The number of hydrogen-bond acceptors (Lipinski definition) is 6. The van der Waals surface area contributed by atoms with Crippen molar-refractivity contribution in [1.82, 2.24) is 14.9 Å². The lowest BCUT2D eigenvalue weighted by atomic mass is 10.2. The quantitative estimate of drug-likeness (QED) is 0.888. The van der Waals surface area contributed by atoms with Gasteiger partial charge in [0.1, 0.15) is 16.9 Å². The first kappa shape index (κ1) is 17.5. The minimum Gasteiger partial charge on any atom is -0.369 e. The molecule has 0 saturated carbocycles. The monoisotopic (exact) mass is 356 g/mol. The Morgan fingerprint density at radius 1 is 1.24 bits per heavy atom. The molecule has 2 aromatic rings. The summed E-state index contributed by atoms with van der Waals surface area (Å²) in [6.07, 6.45) is 1.46. The lowest BCUT2D eigenvalue weighted by Crippen LogP contribution is -2.51. The molecule has 1 saturated heterocycles. The van der Waals surface area contributed by atoms with Gasteiger partial charge in [-0.15, -0.1) is 0 Å². The Bertz CT molecular complexity index is 737. The molecule has 1 atom stereocenters. The Kier molecular flexibility index (Phi) is 5.69. The van der Waals surface area contributed by atoms with Crippen molar-refractivity contribution in [3.63, 3.8) is 0 Å². The van der Waals surface area contributed by atoms with Gasteiger partial charge in [0, 0.05) is 44.5 Å². The molecule has 0 radical (unpaired) electrons. The van der Waals surface area contributed by atoms with Crippen LogP contribution in [0, 0.1) is 11.3 Å². The lowest BCUT2D eigenvalue weighted by molar-refractivity contribution is 0.204. The number of para-hydroxylation sites is 1. The van der Waals surface area contributed by atoms with Crippen LogP contribution in [0.1, 0.15) is 12.7 Å². The zero-order valence-corrected chi connectivity index (χ0v) is 14.9. The van der Waals surface area contributed by atoms with Gasteiger partial charge < -0.3 is 10.2 Å². The van der Waals surface area contributed by atoms with Crippen molar-refractivity contribution in [3.8, 4) is 6.07 Å². The van der Waals surface area contributed by atoms with Crippen molar-refractivity contribution in [1.29, 1.82) is 5.26 Å². The van der Waals surface area contributed by atoms with E-state index >= 15 is 0 Å². The third kappa shape index (κ3) is 4.38. The van der Waals surface area contributed by atoms with Gasteiger partial charge in [-0.25, -0.2) is 9.97 Å². The van der Waals surface area contributed by atoms with E-state index in [2.05, 4.69) is 56.3 Å². The van der Waals surface area contributed by atoms with E-state index in [0.29, 0.717) is 23.4 Å². The number of rotatable bonds is 5. The van der Waals surface area contributed by atoms with Crippen LogP contribution in [0.15, 0.2) is 36.5 Å². The number of hydrogen-bond donors (Lipinski definition) is 1. The van der Waals surface area contributed by atoms with Crippen molar-refractivity contribution in [3.05, 3.63) is 47.4 Å². The summed E-state index contributed by atoms with van der Waals surface area (Å²) in [6, 6.07) is 12.8. The summed E-state index contributed by atoms with van der Waals surface area (Å²) in [6.45, 7) is 6.96. The lowest BCUT2D eigenvalue weighted by Gasteiger charge is -2.39. The number of benzene rings is 1. The Morgan fingerprint density at radius 3 is 2.64 bits per heavy atom. The van der Waals surface area contributed by atoms with Crippen LogP contribution in [0.2, 0.25) is 5.02 Å². The number of nitrogens with zero attached hydrogens (tertiary/aromatic N) is 5. The van der Waals surface area contributed by atoms with Gasteiger partial charge >= 0.3 is 0 Å². The molecule has 1 aliphatic heterocycles. The van der Waals surface area contributed by atoms with Crippen molar-refractivity contribution in [2.24, 2.45) is 0 Å². The molecule has 0 bridgehead atoms. The molecule has 25 heavy (non-hydrogen) atoms. The highest BCUT2D eigenvalue weighted by molar-refractivity contribution is 6.32. The second-order valence-electron chi connectivity index (χ2n) is 6.09. The van der Waals surface area contributed by atoms with Crippen LogP contribution < -0.4 is 10.2 Å². The molecule has 0 spiro atoms. The summed E-state index contributed by atoms with van der Waals surface area (Å²) in [4.78, 5) is 12.8. The molecule has 0 amide bonds. The fraction of sp³-hybridized carbons (Fsp3) is 0.389. The van der Waals surface area contributed by atoms with E-state index in [1.54, 1.807) is 0 Å². The van der Waals surface area contributed by atoms with Gasteiger partial charge in [0.05, 0.1) is 6.20 Å². The Morgan fingerprint density at radius 2 is 1.96 bits per heavy atom. The van der Waals surface area contributed by atoms with E-state index in [4.69, 9.17) is 16.9 Å². The first-order valence-corrected chi connectivity index (χ1v) is 8.75.